The molecule has 0 spiro atoms. The van der Waals surface area contributed by atoms with Gasteiger partial charge in [0.2, 0.25) is 0 Å². The van der Waals surface area contributed by atoms with Gasteiger partial charge in [-0.2, -0.15) is 0 Å². The minimum absolute atomic E-state index is 0.334. The van der Waals surface area contributed by atoms with Crippen LogP contribution in [-0.2, 0) is 0 Å². The molecule has 0 heterocycles. The maximum Gasteiger partial charge on any atom is 0.155 e. The molecule has 0 fully saturated rings. The van der Waals surface area contributed by atoms with Crippen LogP contribution < -0.4 is 4.74 Å². The highest BCUT2D eigenvalue weighted by atomic mass is 35.5. The molecule has 0 atom stereocenters. The normalized spacial score (nSPS) is 12.1. The number of halogens is 1. The van der Waals surface area contributed by atoms with Crippen molar-refractivity contribution >= 4 is 33.9 Å². The van der Waals surface area contributed by atoms with Gasteiger partial charge in [-0.3, -0.25) is 0 Å². The van der Waals surface area contributed by atoms with Crippen molar-refractivity contribution in [3.05, 3.63) is 90.5 Å². The molecule has 0 saturated heterocycles. The molecular weight excluding hydrogens is 332 g/mol. The molecule has 124 valence electrons. The summed E-state index contributed by atoms with van der Waals surface area (Å²) in [5, 5.41) is 0.334. The third-order valence-corrected chi connectivity index (χ3v) is 3.80. The second kappa shape index (κ2) is 8.27. The summed E-state index contributed by atoms with van der Waals surface area (Å²) in [6.45, 7) is 0. The van der Waals surface area contributed by atoms with Gasteiger partial charge in [0.05, 0.1) is 18.5 Å². The van der Waals surface area contributed by atoms with Gasteiger partial charge in [0.1, 0.15) is 11.5 Å². The Morgan fingerprint density at radius 3 is 1.76 bits per heavy atom. The van der Waals surface area contributed by atoms with Crippen molar-refractivity contribution in [2.45, 2.75) is 0 Å². The van der Waals surface area contributed by atoms with Crippen LogP contribution in [0.3, 0.4) is 0 Å². The average Bonchev–Trinajstić information content (AvgIpc) is 2.68. The Bertz CT molecular complexity index is 873. The minimum atomic E-state index is 0.334. The van der Waals surface area contributed by atoms with Crippen molar-refractivity contribution < 1.29 is 4.74 Å². The van der Waals surface area contributed by atoms with Crippen LogP contribution in [0.2, 0.25) is 0 Å². The Labute approximate surface area is 152 Å². The van der Waals surface area contributed by atoms with E-state index in [1.807, 2.05) is 84.9 Å². The van der Waals surface area contributed by atoms with Crippen LogP contribution in [0.25, 0.3) is 0 Å². The molecule has 0 aliphatic rings. The Morgan fingerprint density at radius 2 is 1.24 bits per heavy atom. The van der Waals surface area contributed by atoms with Gasteiger partial charge in [0.15, 0.2) is 5.17 Å². The number of nitrogens with zero attached hydrogens (tertiary/aromatic N) is 2. The van der Waals surface area contributed by atoms with Crippen molar-refractivity contribution in [1.29, 1.82) is 0 Å². The second-order valence-corrected chi connectivity index (χ2v) is 5.62. The Balaban J connectivity index is 2.05. The predicted molar refractivity (Wildman–Crippen MR) is 105 cm³/mol. The van der Waals surface area contributed by atoms with Gasteiger partial charge in [-0.15, -0.1) is 0 Å². The summed E-state index contributed by atoms with van der Waals surface area (Å²) >= 11 is 6.53. The summed E-state index contributed by atoms with van der Waals surface area (Å²) in [7, 11) is 1.64. The number of para-hydroxylation sites is 2. The van der Waals surface area contributed by atoms with E-state index < -0.39 is 0 Å². The summed E-state index contributed by atoms with van der Waals surface area (Å²) in [5.41, 5.74) is 3.07. The first-order chi connectivity index (χ1) is 12.3. The van der Waals surface area contributed by atoms with E-state index in [-0.39, 0.29) is 0 Å². The Hall–Kier alpha value is -2.91. The zero-order valence-electron chi connectivity index (χ0n) is 13.8. The highest BCUT2D eigenvalue weighted by molar-refractivity contribution is 6.86. The molecule has 0 N–H and O–H groups in total. The van der Waals surface area contributed by atoms with E-state index in [1.54, 1.807) is 7.11 Å². The molecule has 3 nitrogen and oxygen atoms in total. The van der Waals surface area contributed by atoms with E-state index in [4.69, 9.17) is 21.3 Å². The largest absolute Gasteiger partial charge is 0.497 e. The maximum atomic E-state index is 6.53. The molecule has 0 bridgehead atoms. The van der Waals surface area contributed by atoms with Crippen LogP contribution in [0.5, 0.6) is 5.75 Å². The quantitative estimate of drug-likeness (QED) is 0.538. The third kappa shape index (κ3) is 4.55. The fourth-order valence-electron chi connectivity index (χ4n) is 2.28. The van der Waals surface area contributed by atoms with E-state index in [1.165, 1.54) is 0 Å². The van der Waals surface area contributed by atoms with Crippen LogP contribution in [0, 0.1) is 0 Å². The topological polar surface area (TPSA) is 34.0 Å². The van der Waals surface area contributed by atoms with Gasteiger partial charge in [0.25, 0.3) is 0 Å². The number of rotatable bonds is 5. The molecular formula is C21H17ClN2O. The predicted octanol–water partition coefficient (Wildman–Crippen LogP) is 5.79. The lowest BCUT2D eigenvalue weighted by molar-refractivity contribution is 0.415. The van der Waals surface area contributed by atoms with E-state index in [2.05, 4.69) is 4.99 Å². The molecule has 4 heteroatoms. The molecule has 0 aromatic heterocycles. The maximum absolute atomic E-state index is 6.53. The fourth-order valence-corrected chi connectivity index (χ4v) is 2.53. The summed E-state index contributed by atoms with van der Waals surface area (Å²) < 4.78 is 5.22. The highest BCUT2D eigenvalue weighted by Gasteiger charge is 2.11. The summed E-state index contributed by atoms with van der Waals surface area (Å²) in [6, 6.07) is 26.9. The van der Waals surface area contributed by atoms with Crippen molar-refractivity contribution in [2.24, 2.45) is 9.98 Å². The molecule has 0 aliphatic carbocycles. The zero-order chi connectivity index (χ0) is 17.5. The minimum Gasteiger partial charge on any atom is -0.497 e. The highest BCUT2D eigenvalue weighted by Crippen LogP contribution is 2.20. The summed E-state index contributed by atoms with van der Waals surface area (Å²) in [5.74, 6) is 0.777. The Morgan fingerprint density at radius 1 is 0.720 bits per heavy atom. The number of ether oxygens (including phenoxy) is 1. The van der Waals surface area contributed by atoms with Crippen molar-refractivity contribution in [1.82, 2.24) is 0 Å². The second-order valence-electron chi connectivity index (χ2n) is 5.26. The van der Waals surface area contributed by atoms with Crippen LogP contribution >= 0.6 is 11.6 Å². The van der Waals surface area contributed by atoms with Crippen LogP contribution in [0.15, 0.2) is 94.9 Å². The van der Waals surface area contributed by atoms with E-state index >= 15 is 0 Å². The monoisotopic (exact) mass is 348 g/mol. The molecule has 0 aliphatic heterocycles. The number of hydrogen-bond acceptors (Lipinski definition) is 3. The number of aliphatic imine (C=N–C) groups is 2. The molecule has 0 amide bonds. The lowest BCUT2D eigenvalue weighted by atomic mass is 10.1. The lowest BCUT2D eigenvalue weighted by Crippen LogP contribution is -2.09. The first-order valence-corrected chi connectivity index (χ1v) is 8.22. The number of methoxy groups -OCH3 is 1. The van der Waals surface area contributed by atoms with Crippen LogP contribution in [-0.4, -0.2) is 18.0 Å². The van der Waals surface area contributed by atoms with Gasteiger partial charge in [-0.05, 0) is 48.5 Å². The first-order valence-electron chi connectivity index (χ1n) is 7.84. The van der Waals surface area contributed by atoms with Gasteiger partial charge in [0, 0.05) is 5.56 Å². The molecule has 25 heavy (non-hydrogen) atoms. The van der Waals surface area contributed by atoms with Crippen molar-refractivity contribution in [3.8, 4) is 5.75 Å². The number of benzene rings is 3. The van der Waals surface area contributed by atoms with Crippen molar-refractivity contribution in [3.63, 3.8) is 0 Å². The fraction of sp³-hybridized carbons (Fsp3) is 0.0476. The molecule has 0 saturated carbocycles. The number of hydrogen-bond donors (Lipinski definition) is 0. The van der Waals surface area contributed by atoms with Crippen LogP contribution in [0.1, 0.15) is 5.56 Å². The molecule has 0 unspecified atom stereocenters. The van der Waals surface area contributed by atoms with Gasteiger partial charge in [-0.1, -0.05) is 48.0 Å². The summed E-state index contributed by atoms with van der Waals surface area (Å²) in [6.07, 6.45) is 0. The standard InChI is InChI=1S/C21H17ClN2O/c1-25-19-14-12-16(13-15-19)20(23-17-8-4-2-5-9-17)21(22)24-18-10-6-3-7-11-18/h2-15H,1H3. The Kier molecular flexibility index (Phi) is 5.60. The van der Waals surface area contributed by atoms with Crippen LogP contribution in [0.4, 0.5) is 11.4 Å². The smallest absolute Gasteiger partial charge is 0.155 e. The summed E-state index contributed by atoms with van der Waals surface area (Å²) in [4.78, 5) is 9.19. The van der Waals surface area contributed by atoms with E-state index in [0.29, 0.717) is 10.9 Å². The van der Waals surface area contributed by atoms with Gasteiger partial charge in [-0.25, -0.2) is 9.98 Å². The third-order valence-electron chi connectivity index (χ3n) is 3.54. The first kappa shape index (κ1) is 16.9. The zero-order valence-corrected chi connectivity index (χ0v) is 14.5. The average molecular weight is 349 g/mol. The molecule has 0 radical (unpaired) electrons. The van der Waals surface area contributed by atoms with E-state index in [0.717, 1.165) is 22.7 Å². The van der Waals surface area contributed by atoms with Gasteiger partial charge >= 0.3 is 0 Å². The molecule has 3 aromatic carbocycles. The molecule has 3 rings (SSSR count). The van der Waals surface area contributed by atoms with E-state index in [9.17, 15) is 0 Å². The molecule has 3 aromatic rings. The SMILES string of the molecule is COc1ccc(C(=Nc2ccccc2)C(Cl)=Nc2ccccc2)cc1. The van der Waals surface area contributed by atoms with Gasteiger partial charge < -0.3 is 4.74 Å². The van der Waals surface area contributed by atoms with Crippen molar-refractivity contribution in [2.75, 3.05) is 7.11 Å². The lowest BCUT2D eigenvalue weighted by Gasteiger charge is -2.07.